The molecule has 2 heterocycles. The molecular formula is C22H27BrN4O4. The lowest BCUT2D eigenvalue weighted by atomic mass is 10.2. The molecule has 0 radical (unpaired) electrons. The molecule has 1 aromatic carbocycles. The maximum atomic E-state index is 13.0. The number of aromatic nitrogens is 1. The lowest BCUT2D eigenvalue weighted by molar-refractivity contribution is 0.0506. The summed E-state index contributed by atoms with van der Waals surface area (Å²) in [6, 6.07) is 10.4. The van der Waals surface area contributed by atoms with Gasteiger partial charge in [-0.2, -0.15) is 0 Å². The normalized spacial score (nSPS) is 16.0. The average molecular weight is 491 g/mol. The van der Waals surface area contributed by atoms with Crippen LogP contribution in [0.3, 0.4) is 0 Å². The average Bonchev–Trinajstić information content (AvgIpc) is 2.79. The van der Waals surface area contributed by atoms with Gasteiger partial charge in [0.25, 0.3) is 0 Å². The minimum atomic E-state index is -0.354. The first-order valence-corrected chi connectivity index (χ1v) is 11.1. The van der Waals surface area contributed by atoms with Gasteiger partial charge in [-0.05, 0) is 42.8 Å². The van der Waals surface area contributed by atoms with Gasteiger partial charge in [-0.25, -0.2) is 9.59 Å². The molecule has 1 atom stereocenters. The highest BCUT2D eigenvalue weighted by molar-refractivity contribution is 9.10. The highest BCUT2D eigenvalue weighted by atomic mass is 79.9. The van der Waals surface area contributed by atoms with Crippen molar-refractivity contribution in [3.63, 3.8) is 0 Å². The summed E-state index contributed by atoms with van der Waals surface area (Å²) in [6.45, 7) is 3.80. The van der Waals surface area contributed by atoms with Crippen LogP contribution in [0.15, 0.2) is 53.3 Å². The topological polar surface area (TPSA) is 84.0 Å². The van der Waals surface area contributed by atoms with E-state index in [4.69, 9.17) is 9.47 Å². The molecule has 1 N–H and O–H groups in total. The van der Waals surface area contributed by atoms with Gasteiger partial charge in [0.05, 0.1) is 18.8 Å². The van der Waals surface area contributed by atoms with Crippen LogP contribution in [0.25, 0.3) is 0 Å². The lowest BCUT2D eigenvalue weighted by Crippen LogP contribution is -2.59. The number of nitrogens with zero attached hydrogens (tertiary/aromatic N) is 3. The summed E-state index contributed by atoms with van der Waals surface area (Å²) in [5, 5.41) is 2.92. The Balaban J connectivity index is 1.66. The number of piperazine rings is 1. The van der Waals surface area contributed by atoms with Crippen molar-refractivity contribution in [1.29, 1.82) is 0 Å². The second-order valence-electron chi connectivity index (χ2n) is 7.20. The Bertz CT molecular complexity index is 850. The second kappa shape index (κ2) is 11.5. The number of hydrogen-bond donors (Lipinski definition) is 1. The molecule has 31 heavy (non-hydrogen) atoms. The molecule has 2 aromatic rings. The van der Waals surface area contributed by atoms with Gasteiger partial charge in [0.2, 0.25) is 0 Å². The van der Waals surface area contributed by atoms with Gasteiger partial charge in [-0.15, -0.1) is 0 Å². The fourth-order valence-electron chi connectivity index (χ4n) is 3.18. The number of nitrogens with one attached hydrogen (secondary N) is 1. The number of pyridine rings is 1. The van der Waals surface area contributed by atoms with Crippen LogP contribution in [0.5, 0.6) is 5.75 Å². The molecule has 3 rings (SSSR count). The van der Waals surface area contributed by atoms with E-state index in [0.29, 0.717) is 37.7 Å². The number of ether oxygens (including phenoxy) is 2. The van der Waals surface area contributed by atoms with E-state index in [1.54, 1.807) is 34.3 Å². The number of urea groups is 1. The third kappa shape index (κ3) is 6.85. The van der Waals surface area contributed by atoms with E-state index in [1.807, 2.05) is 31.2 Å². The third-order valence-electron chi connectivity index (χ3n) is 4.90. The molecule has 1 aliphatic heterocycles. The number of carbonyl (C=O) groups excluding carboxylic acids is 2. The molecule has 1 aliphatic rings. The molecule has 1 fully saturated rings. The summed E-state index contributed by atoms with van der Waals surface area (Å²) in [5.41, 5.74) is 0.696. The van der Waals surface area contributed by atoms with Crippen LogP contribution in [0, 0.1) is 0 Å². The van der Waals surface area contributed by atoms with Gasteiger partial charge in [0, 0.05) is 36.0 Å². The molecule has 166 valence electrons. The molecule has 0 saturated carbocycles. The van der Waals surface area contributed by atoms with Crippen molar-refractivity contribution in [2.24, 2.45) is 0 Å². The molecular weight excluding hydrogens is 464 g/mol. The number of rotatable bonds is 7. The zero-order valence-electron chi connectivity index (χ0n) is 17.5. The number of halogens is 1. The van der Waals surface area contributed by atoms with Crippen LogP contribution in [-0.2, 0) is 4.74 Å². The van der Waals surface area contributed by atoms with Gasteiger partial charge < -0.3 is 24.6 Å². The van der Waals surface area contributed by atoms with Crippen LogP contribution in [-0.4, -0.2) is 65.8 Å². The lowest BCUT2D eigenvalue weighted by Gasteiger charge is -2.40. The highest BCUT2D eigenvalue weighted by Gasteiger charge is 2.33. The highest BCUT2D eigenvalue weighted by Crippen LogP contribution is 2.18. The summed E-state index contributed by atoms with van der Waals surface area (Å²) in [5.74, 6) is 0.610. The Morgan fingerprint density at radius 2 is 2.03 bits per heavy atom. The summed E-state index contributed by atoms with van der Waals surface area (Å²) in [4.78, 5) is 32.8. The van der Waals surface area contributed by atoms with E-state index in [2.05, 4.69) is 26.2 Å². The van der Waals surface area contributed by atoms with Crippen molar-refractivity contribution in [1.82, 2.24) is 14.8 Å². The van der Waals surface area contributed by atoms with E-state index in [0.717, 1.165) is 17.3 Å². The van der Waals surface area contributed by atoms with Crippen LogP contribution >= 0.6 is 15.9 Å². The van der Waals surface area contributed by atoms with Crippen molar-refractivity contribution < 1.29 is 19.1 Å². The SMILES string of the molecule is CCCCOC(=O)N1CCN(C(=O)Nc2ccc(Br)cc2)C(COc2cccnc2)C1. The number of anilines is 1. The predicted octanol–water partition coefficient (Wildman–Crippen LogP) is 4.38. The maximum Gasteiger partial charge on any atom is 0.409 e. The Morgan fingerprint density at radius 1 is 1.23 bits per heavy atom. The molecule has 1 saturated heterocycles. The molecule has 0 aliphatic carbocycles. The van der Waals surface area contributed by atoms with Gasteiger partial charge in [-0.3, -0.25) is 4.98 Å². The number of amides is 3. The summed E-state index contributed by atoms with van der Waals surface area (Å²) in [7, 11) is 0. The first-order valence-electron chi connectivity index (χ1n) is 10.3. The predicted molar refractivity (Wildman–Crippen MR) is 121 cm³/mol. The van der Waals surface area contributed by atoms with Crippen molar-refractivity contribution in [2.75, 3.05) is 38.2 Å². The van der Waals surface area contributed by atoms with Crippen molar-refractivity contribution >= 4 is 33.7 Å². The minimum absolute atomic E-state index is 0.234. The quantitative estimate of drug-likeness (QED) is 0.582. The number of benzene rings is 1. The largest absolute Gasteiger partial charge is 0.490 e. The molecule has 0 bridgehead atoms. The zero-order valence-corrected chi connectivity index (χ0v) is 19.1. The Labute approximate surface area is 190 Å². The fourth-order valence-corrected chi connectivity index (χ4v) is 3.44. The van der Waals surface area contributed by atoms with Crippen LogP contribution < -0.4 is 10.1 Å². The van der Waals surface area contributed by atoms with Crippen molar-refractivity contribution in [3.8, 4) is 5.75 Å². The second-order valence-corrected chi connectivity index (χ2v) is 8.11. The monoisotopic (exact) mass is 490 g/mol. The standard InChI is InChI=1S/C22H27BrN4O4/c1-2-3-13-30-22(29)26-11-12-27(21(28)25-18-8-6-17(23)7-9-18)19(15-26)16-31-20-5-4-10-24-14-20/h4-10,14,19H,2-3,11-13,15-16H2,1H3,(H,25,28). The fraction of sp³-hybridized carbons (Fsp3) is 0.409. The van der Waals surface area contributed by atoms with Crippen LogP contribution in [0.2, 0.25) is 0 Å². The van der Waals surface area contributed by atoms with Crippen LogP contribution in [0.1, 0.15) is 19.8 Å². The van der Waals surface area contributed by atoms with Gasteiger partial charge in [-0.1, -0.05) is 29.3 Å². The first-order chi connectivity index (χ1) is 15.1. The van der Waals surface area contributed by atoms with E-state index < -0.39 is 0 Å². The smallest absolute Gasteiger partial charge is 0.409 e. The number of unbranched alkanes of at least 4 members (excludes halogenated alkanes) is 1. The minimum Gasteiger partial charge on any atom is -0.490 e. The molecule has 1 unspecified atom stereocenters. The number of carbonyl (C=O) groups is 2. The van der Waals surface area contributed by atoms with Gasteiger partial charge in [0.1, 0.15) is 12.4 Å². The molecule has 3 amide bonds. The molecule has 1 aromatic heterocycles. The molecule has 0 spiro atoms. The molecule has 8 nitrogen and oxygen atoms in total. The van der Waals surface area contributed by atoms with Crippen molar-refractivity contribution in [2.45, 2.75) is 25.8 Å². The third-order valence-corrected chi connectivity index (χ3v) is 5.43. The Kier molecular flexibility index (Phi) is 8.52. The number of hydrogen-bond acceptors (Lipinski definition) is 5. The van der Waals surface area contributed by atoms with Gasteiger partial charge >= 0.3 is 12.1 Å². The van der Waals surface area contributed by atoms with E-state index in [9.17, 15) is 9.59 Å². The zero-order chi connectivity index (χ0) is 22.1. The van der Waals surface area contributed by atoms with Crippen molar-refractivity contribution in [3.05, 3.63) is 53.3 Å². The summed E-state index contributed by atoms with van der Waals surface area (Å²) in [6.07, 6.45) is 4.71. The van der Waals surface area contributed by atoms with E-state index in [1.165, 1.54) is 0 Å². The Morgan fingerprint density at radius 3 is 2.74 bits per heavy atom. The molecule has 9 heteroatoms. The maximum absolute atomic E-state index is 13.0. The van der Waals surface area contributed by atoms with Crippen LogP contribution in [0.4, 0.5) is 15.3 Å². The first kappa shape index (κ1) is 22.9. The summed E-state index contributed by atoms with van der Waals surface area (Å²) >= 11 is 3.39. The summed E-state index contributed by atoms with van der Waals surface area (Å²) < 4.78 is 12.1. The van der Waals surface area contributed by atoms with E-state index >= 15 is 0 Å². The van der Waals surface area contributed by atoms with E-state index in [-0.39, 0.29) is 24.8 Å². The van der Waals surface area contributed by atoms with Gasteiger partial charge in [0.15, 0.2) is 0 Å². The Hall–Kier alpha value is -2.81.